The van der Waals surface area contributed by atoms with E-state index in [4.69, 9.17) is 0 Å². The Morgan fingerprint density at radius 2 is 1.62 bits per heavy atom. The van der Waals surface area contributed by atoms with Gasteiger partial charge in [-0.1, -0.05) is 31.7 Å². The van der Waals surface area contributed by atoms with Crippen LogP contribution in [-0.4, -0.2) is 61.8 Å². The molecule has 0 aromatic heterocycles. The van der Waals surface area contributed by atoms with Crippen LogP contribution in [0.4, 0.5) is 0 Å². The molecule has 1 heterocycles. The van der Waals surface area contributed by atoms with E-state index in [1.54, 1.807) is 16.4 Å². The highest BCUT2D eigenvalue weighted by molar-refractivity contribution is 7.89. The Kier molecular flexibility index (Phi) is 7.35. The minimum atomic E-state index is -3.49. The number of carbonyl (C=O) groups excluding carboxylic acids is 1. The highest BCUT2D eigenvalue weighted by atomic mass is 32.2. The normalized spacial score (nSPS) is 21.5. The molecule has 3 rings (SSSR count). The van der Waals surface area contributed by atoms with Gasteiger partial charge in [0, 0.05) is 32.2 Å². The van der Waals surface area contributed by atoms with E-state index in [1.807, 2.05) is 26.8 Å². The molecule has 6 nitrogen and oxygen atoms in total. The molecule has 7 heteroatoms. The van der Waals surface area contributed by atoms with Crippen LogP contribution in [-0.2, 0) is 14.8 Å². The van der Waals surface area contributed by atoms with E-state index in [0.717, 1.165) is 24.0 Å². The maximum absolute atomic E-state index is 13.0. The quantitative estimate of drug-likeness (QED) is 0.742. The van der Waals surface area contributed by atoms with Crippen LogP contribution in [0, 0.1) is 13.8 Å². The predicted octanol–water partition coefficient (Wildman–Crippen LogP) is 2.84. The lowest BCUT2D eigenvalue weighted by atomic mass is 10.1. The fourth-order valence-corrected chi connectivity index (χ4v) is 5.77. The number of rotatable bonds is 5. The van der Waals surface area contributed by atoms with E-state index >= 15 is 0 Å². The minimum absolute atomic E-state index is 0.0716. The van der Waals surface area contributed by atoms with Gasteiger partial charge in [0.2, 0.25) is 15.9 Å². The molecule has 1 aliphatic heterocycles. The predicted molar refractivity (Wildman–Crippen MR) is 115 cm³/mol. The van der Waals surface area contributed by atoms with Gasteiger partial charge in [0.15, 0.2) is 0 Å². The van der Waals surface area contributed by atoms with Crippen molar-refractivity contribution in [2.24, 2.45) is 0 Å². The van der Waals surface area contributed by atoms with Crippen molar-refractivity contribution >= 4 is 15.9 Å². The number of hydrogen-bond acceptors (Lipinski definition) is 4. The van der Waals surface area contributed by atoms with Gasteiger partial charge in [0.05, 0.1) is 10.9 Å². The number of amides is 1. The number of hydrogen-bond donors (Lipinski definition) is 1. The van der Waals surface area contributed by atoms with Crippen molar-refractivity contribution in [3.8, 4) is 0 Å². The first kappa shape index (κ1) is 22.2. The molecule has 1 aromatic rings. The summed E-state index contributed by atoms with van der Waals surface area (Å²) in [5.74, 6) is 0.0716. The number of nitrogens with one attached hydrogen (secondary N) is 1. The highest BCUT2D eigenvalue weighted by Gasteiger charge is 2.32. The summed E-state index contributed by atoms with van der Waals surface area (Å²) in [7, 11) is -3.49. The molecule has 0 unspecified atom stereocenters. The van der Waals surface area contributed by atoms with Gasteiger partial charge in [0.25, 0.3) is 0 Å². The van der Waals surface area contributed by atoms with Crippen molar-refractivity contribution in [2.75, 3.05) is 26.2 Å². The Morgan fingerprint density at radius 3 is 2.21 bits per heavy atom. The molecule has 1 amide bonds. The fourth-order valence-electron chi connectivity index (χ4n) is 4.27. The van der Waals surface area contributed by atoms with E-state index in [1.165, 1.54) is 25.7 Å². The van der Waals surface area contributed by atoms with E-state index in [2.05, 4.69) is 10.2 Å². The largest absolute Gasteiger partial charge is 0.352 e. The maximum Gasteiger partial charge on any atom is 0.243 e. The molecule has 1 saturated heterocycles. The second-order valence-electron chi connectivity index (χ2n) is 8.56. The van der Waals surface area contributed by atoms with Gasteiger partial charge in [-0.3, -0.25) is 9.69 Å². The van der Waals surface area contributed by atoms with E-state index < -0.39 is 10.0 Å². The van der Waals surface area contributed by atoms with Crippen molar-refractivity contribution in [3.05, 3.63) is 29.3 Å². The van der Waals surface area contributed by atoms with Crippen molar-refractivity contribution in [2.45, 2.75) is 76.3 Å². The van der Waals surface area contributed by atoms with E-state index in [9.17, 15) is 13.2 Å². The molecule has 0 bridgehead atoms. The summed E-state index contributed by atoms with van der Waals surface area (Å²) in [4.78, 5) is 15.2. The summed E-state index contributed by atoms with van der Waals surface area (Å²) < 4.78 is 27.5. The fraction of sp³-hybridized carbons (Fsp3) is 0.682. The SMILES string of the molecule is Cc1ccc(S(=O)(=O)N2CCN([C@H](C)C(=O)NC3CCCCCC3)CC2)cc1C. The van der Waals surface area contributed by atoms with Gasteiger partial charge < -0.3 is 5.32 Å². The summed E-state index contributed by atoms with van der Waals surface area (Å²) in [6.45, 7) is 7.81. The van der Waals surface area contributed by atoms with Crippen LogP contribution >= 0.6 is 0 Å². The van der Waals surface area contributed by atoms with Crippen LogP contribution in [0.25, 0.3) is 0 Å². The van der Waals surface area contributed by atoms with E-state index in [-0.39, 0.29) is 11.9 Å². The lowest BCUT2D eigenvalue weighted by Gasteiger charge is -2.37. The number of sulfonamides is 1. The third kappa shape index (κ3) is 5.38. The number of carbonyl (C=O) groups is 1. The van der Waals surface area contributed by atoms with Gasteiger partial charge in [-0.05, 0) is 56.9 Å². The van der Waals surface area contributed by atoms with E-state index in [0.29, 0.717) is 37.1 Å². The first-order valence-corrected chi connectivity index (χ1v) is 12.3. The molecule has 1 N–H and O–H groups in total. The lowest BCUT2D eigenvalue weighted by molar-refractivity contribution is -0.127. The van der Waals surface area contributed by atoms with Gasteiger partial charge >= 0.3 is 0 Å². The summed E-state index contributed by atoms with van der Waals surface area (Å²) in [6, 6.07) is 5.36. The molecule has 29 heavy (non-hydrogen) atoms. The smallest absolute Gasteiger partial charge is 0.243 e. The first-order valence-electron chi connectivity index (χ1n) is 10.9. The summed E-state index contributed by atoms with van der Waals surface area (Å²) >= 11 is 0. The Labute approximate surface area is 175 Å². The molecule has 0 radical (unpaired) electrons. The maximum atomic E-state index is 13.0. The Bertz CT molecular complexity index is 809. The molecule has 2 fully saturated rings. The standard InChI is InChI=1S/C22H35N3O3S/c1-17-10-11-21(16-18(17)2)29(27,28)25-14-12-24(13-15-25)19(3)22(26)23-20-8-6-4-5-7-9-20/h10-11,16,19-20H,4-9,12-15H2,1-3H3,(H,23,26)/t19-/m1/s1. The van der Waals surface area contributed by atoms with Gasteiger partial charge in [-0.15, -0.1) is 0 Å². The van der Waals surface area contributed by atoms with Gasteiger partial charge in [-0.25, -0.2) is 8.42 Å². The van der Waals surface area contributed by atoms with Crippen LogP contribution in [0.15, 0.2) is 23.1 Å². The zero-order chi connectivity index (χ0) is 21.0. The van der Waals surface area contributed by atoms with Gasteiger partial charge in [0.1, 0.15) is 0 Å². The number of nitrogens with zero attached hydrogens (tertiary/aromatic N) is 2. The molecule has 1 saturated carbocycles. The molecule has 1 aromatic carbocycles. The zero-order valence-corrected chi connectivity index (χ0v) is 18.8. The Morgan fingerprint density at radius 1 is 1.00 bits per heavy atom. The van der Waals surface area contributed by atoms with Crippen LogP contribution < -0.4 is 5.32 Å². The van der Waals surface area contributed by atoms with Crippen molar-refractivity contribution in [3.63, 3.8) is 0 Å². The second kappa shape index (κ2) is 9.58. The average Bonchev–Trinajstić information content (AvgIpc) is 2.98. The van der Waals surface area contributed by atoms with Crippen molar-refractivity contribution < 1.29 is 13.2 Å². The van der Waals surface area contributed by atoms with Crippen LogP contribution in [0.5, 0.6) is 0 Å². The molecule has 1 atom stereocenters. The third-order valence-corrected chi connectivity index (χ3v) is 8.41. The molecule has 1 aliphatic carbocycles. The molecular weight excluding hydrogens is 386 g/mol. The van der Waals surface area contributed by atoms with Crippen molar-refractivity contribution in [1.82, 2.24) is 14.5 Å². The first-order chi connectivity index (χ1) is 13.8. The second-order valence-corrected chi connectivity index (χ2v) is 10.5. The van der Waals surface area contributed by atoms with Gasteiger partial charge in [-0.2, -0.15) is 4.31 Å². The average molecular weight is 422 g/mol. The highest BCUT2D eigenvalue weighted by Crippen LogP contribution is 2.21. The monoisotopic (exact) mass is 421 g/mol. The summed E-state index contributed by atoms with van der Waals surface area (Å²) in [5, 5.41) is 3.22. The molecular formula is C22H35N3O3S. The molecule has 162 valence electrons. The Hall–Kier alpha value is -1.44. The number of piperazine rings is 1. The van der Waals surface area contributed by atoms with Crippen LogP contribution in [0.2, 0.25) is 0 Å². The number of benzene rings is 1. The molecule has 0 spiro atoms. The van der Waals surface area contributed by atoms with Crippen LogP contribution in [0.3, 0.4) is 0 Å². The van der Waals surface area contributed by atoms with Crippen LogP contribution in [0.1, 0.15) is 56.6 Å². The van der Waals surface area contributed by atoms with Crippen molar-refractivity contribution in [1.29, 1.82) is 0 Å². The molecule has 2 aliphatic rings. The third-order valence-electron chi connectivity index (χ3n) is 6.52. The zero-order valence-electron chi connectivity index (χ0n) is 18.0. The summed E-state index contributed by atoms with van der Waals surface area (Å²) in [6.07, 6.45) is 7.04. The topological polar surface area (TPSA) is 69.7 Å². The minimum Gasteiger partial charge on any atom is -0.352 e. The summed E-state index contributed by atoms with van der Waals surface area (Å²) in [5.41, 5.74) is 2.07. The Balaban J connectivity index is 1.56. The number of aryl methyl sites for hydroxylation is 2. The lowest BCUT2D eigenvalue weighted by Crippen LogP contribution is -2.55.